The second-order valence-corrected chi connectivity index (χ2v) is 11.0. The molecule has 8 nitrogen and oxygen atoms in total. The summed E-state index contributed by atoms with van der Waals surface area (Å²) in [6, 6.07) is 1.37. The average Bonchev–Trinajstić information content (AvgIpc) is 2.89. The normalized spacial score (nSPS) is 21.3. The van der Waals surface area contributed by atoms with Crippen LogP contribution < -0.4 is 4.74 Å². The average molecular weight is 513 g/mol. The van der Waals surface area contributed by atoms with E-state index in [0.717, 1.165) is 26.1 Å². The second kappa shape index (κ2) is 13.8. The Hall–Kier alpha value is -2.63. The number of likely N-dealkylation sites (tertiary alicyclic amines) is 1. The third-order valence-corrected chi connectivity index (χ3v) is 7.23. The van der Waals surface area contributed by atoms with Crippen LogP contribution in [0.3, 0.4) is 0 Å². The molecule has 3 rings (SSSR count). The maximum Gasteiger partial charge on any atom is 0.259 e. The number of hydrogen-bond donors (Lipinski definition) is 1. The van der Waals surface area contributed by atoms with Gasteiger partial charge in [0.2, 0.25) is 11.8 Å². The standard InChI is InChI=1S/C29H44N4O4/c1-21(2)10-9-11-24-16-25-28(30-17-24)37-26(22(3)18-33(29(25)36)23(4)20-34)19-31(5)27(35)12-15-32-13-7-6-8-14-32/h16-17,21-23,26,34H,6-8,10,12-15,18-20H2,1-5H3/t22-,23-,26+/m0/s1. The number of rotatable bonds is 8. The maximum atomic E-state index is 13.5. The van der Waals surface area contributed by atoms with Crippen LogP contribution in [0.25, 0.3) is 0 Å². The van der Waals surface area contributed by atoms with Crippen LogP contribution in [0, 0.1) is 23.7 Å². The highest BCUT2D eigenvalue weighted by atomic mass is 16.5. The zero-order chi connectivity index (χ0) is 26.9. The lowest BCUT2D eigenvalue weighted by atomic mass is 9.99. The summed E-state index contributed by atoms with van der Waals surface area (Å²) in [5.41, 5.74) is 0.996. The van der Waals surface area contributed by atoms with Gasteiger partial charge in [-0.3, -0.25) is 9.59 Å². The van der Waals surface area contributed by atoms with Gasteiger partial charge in [-0.1, -0.05) is 39.0 Å². The molecule has 204 valence electrons. The van der Waals surface area contributed by atoms with Gasteiger partial charge in [0.25, 0.3) is 5.91 Å². The predicted octanol–water partition coefficient (Wildman–Crippen LogP) is 3.03. The van der Waals surface area contributed by atoms with E-state index in [-0.39, 0.29) is 42.4 Å². The van der Waals surface area contributed by atoms with Crippen LogP contribution in [-0.2, 0) is 4.79 Å². The molecule has 3 heterocycles. The molecule has 37 heavy (non-hydrogen) atoms. The Labute approximate surface area is 222 Å². The zero-order valence-electron chi connectivity index (χ0n) is 23.2. The number of fused-ring (bicyclic) bond motifs is 1. The lowest BCUT2D eigenvalue weighted by molar-refractivity contribution is -0.131. The van der Waals surface area contributed by atoms with Crippen molar-refractivity contribution in [2.45, 2.75) is 71.9 Å². The van der Waals surface area contributed by atoms with Gasteiger partial charge in [-0.15, -0.1) is 0 Å². The number of aliphatic hydroxyl groups excluding tert-OH is 1. The van der Waals surface area contributed by atoms with Gasteiger partial charge in [0.1, 0.15) is 11.7 Å². The molecule has 2 amide bonds. The van der Waals surface area contributed by atoms with Gasteiger partial charge in [0, 0.05) is 50.7 Å². The van der Waals surface area contributed by atoms with Crippen molar-refractivity contribution in [1.82, 2.24) is 19.7 Å². The Kier molecular flexibility index (Phi) is 10.8. The summed E-state index contributed by atoms with van der Waals surface area (Å²) in [6.07, 6.45) is 6.21. The SMILES string of the molecule is CC(C)CC#Cc1cnc2c(c1)C(=O)N([C@@H](C)CO)C[C@H](C)[C@@H](CN(C)C(=O)CCN1CCCCC1)O2. The van der Waals surface area contributed by atoms with Crippen LogP contribution in [0.15, 0.2) is 12.3 Å². The molecule has 0 spiro atoms. The maximum absolute atomic E-state index is 13.5. The highest BCUT2D eigenvalue weighted by Gasteiger charge is 2.34. The Morgan fingerprint density at radius 3 is 2.68 bits per heavy atom. The first kappa shape index (κ1) is 28.9. The molecule has 1 aromatic heterocycles. The number of nitrogens with zero attached hydrogens (tertiary/aromatic N) is 4. The topological polar surface area (TPSA) is 86.2 Å². The monoisotopic (exact) mass is 512 g/mol. The fraction of sp³-hybridized carbons (Fsp3) is 0.690. The van der Waals surface area contributed by atoms with Crippen LogP contribution in [0.1, 0.15) is 75.7 Å². The second-order valence-electron chi connectivity index (χ2n) is 11.0. The lowest BCUT2D eigenvalue weighted by Gasteiger charge is -2.37. The first-order valence-electron chi connectivity index (χ1n) is 13.7. The Balaban J connectivity index is 1.79. The molecule has 2 aliphatic heterocycles. The fourth-order valence-electron chi connectivity index (χ4n) is 4.75. The third kappa shape index (κ3) is 8.18. The summed E-state index contributed by atoms with van der Waals surface area (Å²) in [6.45, 7) is 11.6. The number of likely N-dealkylation sites (N-methyl/N-ethyl adjacent to an activating group) is 1. The Bertz CT molecular complexity index is 980. The summed E-state index contributed by atoms with van der Waals surface area (Å²) in [5.74, 6) is 6.74. The molecule has 1 fully saturated rings. The van der Waals surface area contributed by atoms with Crippen LogP contribution in [-0.4, -0.2) is 95.1 Å². The van der Waals surface area contributed by atoms with Crippen molar-refractivity contribution in [1.29, 1.82) is 0 Å². The Morgan fingerprint density at radius 2 is 2.00 bits per heavy atom. The number of amides is 2. The summed E-state index contributed by atoms with van der Waals surface area (Å²) >= 11 is 0. The molecular weight excluding hydrogens is 468 g/mol. The highest BCUT2D eigenvalue weighted by molar-refractivity contribution is 5.97. The van der Waals surface area contributed by atoms with E-state index in [1.165, 1.54) is 19.3 Å². The van der Waals surface area contributed by atoms with E-state index in [1.54, 1.807) is 22.1 Å². The number of hydrogen-bond acceptors (Lipinski definition) is 6. The van der Waals surface area contributed by atoms with E-state index >= 15 is 0 Å². The van der Waals surface area contributed by atoms with Crippen LogP contribution in [0.5, 0.6) is 5.88 Å². The van der Waals surface area contributed by atoms with E-state index in [9.17, 15) is 14.7 Å². The van der Waals surface area contributed by atoms with Crippen molar-refractivity contribution < 1.29 is 19.4 Å². The number of pyridine rings is 1. The highest BCUT2D eigenvalue weighted by Crippen LogP contribution is 2.27. The third-order valence-electron chi connectivity index (χ3n) is 7.23. The molecule has 0 unspecified atom stereocenters. The van der Waals surface area contributed by atoms with Crippen molar-refractivity contribution in [3.63, 3.8) is 0 Å². The molecule has 1 aromatic rings. The van der Waals surface area contributed by atoms with Gasteiger partial charge in [0.15, 0.2) is 0 Å². The first-order chi connectivity index (χ1) is 17.7. The molecule has 3 atom stereocenters. The van der Waals surface area contributed by atoms with Crippen LogP contribution in [0.2, 0.25) is 0 Å². The van der Waals surface area contributed by atoms with Gasteiger partial charge in [-0.25, -0.2) is 4.98 Å². The summed E-state index contributed by atoms with van der Waals surface area (Å²) in [7, 11) is 1.81. The number of aromatic nitrogens is 1. The van der Waals surface area contributed by atoms with Gasteiger partial charge < -0.3 is 24.5 Å². The quantitative estimate of drug-likeness (QED) is 0.539. The summed E-state index contributed by atoms with van der Waals surface area (Å²) in [5, 5.41) is 9.85. The number of aliphatic hydroxyl groups is 1. The van der Waals surface area contributed by atoms with E-state index < -0.39 is 0 Å². The summed E-state index contributed by atoms with van der Waals surface area (Å²) in [4.78, 5) is 36.7. The van der Waals surface area contributed by atoms with E-state index in [2.05, 4.69) is 35.6 Å². The molecule has 1 saturated heterocycles. The molecule has 8 heteroatoms. The zero-order valence-corrected chi connectivity index (χ0v) is 23.2. The molecule has 0 aromatic carbocycles. The largest absolute Gasteiger partial charge is 0.472 e. The molecule has 1 N–H and O–H groups in total. The molecule has 0 aliphatic carbocycles. The van der Waals surface area contributed by atoms with Crippen LogP contribution >= 0.6 is 0 Å². The molecular formula is C29H44N4O4. The first-order valence-corrected chi connectivity index (χ1v) is 13.7. The van der Waals surface area contributed by atoms with Gasteiger partial charge in [-0.2, -0.15) is 0 Å². The predicted molar refractivity (Wildman–Crippen MR) is 144 cm³/mol. The van der Waals surface area contributed by atoms with Crippen molar-refractivity contribution in [3.8, 4) is 17.7 Å². The minimum atomic E-state index is -0.360. The van der Waals surface area contributed by atoms with Gasteiger partial charge in [-0.05, 0) is 44.8 Å². The van der Waals surface area contributed by atoms with Crippen molar-refractivity contribution in [2.75, 3.05) is 46.4 Å². The van der Waals surface area contributed by atoms with Gasteiger partial charge in [0.05, 0.1) is 19.2 Å². The van der Waals surface area contributed by atoms with E-state index in [4.69, 9.17) is 4.74 Å². The molecule has 0 radical (unpaired) electrons. The van der Waals surface area contributed by atoms with E-state index in [1.807, 2.05) is 20.9 Å². The number of piperidine rings is 1. The minimum Gasteiger partial charge on any atom is -0.472 e. The summed E-state index contributed by atoms with van der Waals surface area (Å²) < 4.78 is 6.32. The molecule has 2 aliphatic rings. The van der Waals surface area contributed by atoms with Crippen molar-refractivity contribution >= 4 is 11.8 Å². The fourth-order valence-corrected chi connectivity index (χ4v) is 4.75. The van der Waals surface area contributed by atoms with Gasteiger partial charge >= 0.3 is 0 Å². The lowest BCUT2D eigenvalue weighted by Crippen LogP contribution is -2.50. The number of carbonyl (C=O) groups is 2. The van der Waals surface area contributed by atoms with Crippen molar-refractivity contribution in [3.05, 3.63) is 23.4 Å². The van der Waals surface area contributed by atoms with Crippen LogP contribution in [0.4, 0.5) is 0 Å². The number of ether oxygens (including phenoxy) is 1. The minimum absolute atomic E-state index is 0.0734. The van der Waals surface area contributed by atoms with E-state index in [0.29, 0.717) is 36.6 Å². The number of carbonyl (C=O) groups excluding carboxylic acids is 2. The van der Waals surface area contributed by atoms with Crippen molar-refractivity contribution in [2.24, 2.45) is 11.8 Å². The Morgan fingerprint density at radius 1 is 1.27 bits per heavy atom. The smallest absolute Gasteiger partial charge is 0.259 e. The molecule has 0 saturated carbocycles. The molecule has 0 bridgehead atoms.